The van der Waals surface area contributed by atoms with Crippen molar-refractivity contribution in [3.05, 3.63) is 0 Å². The molecule has 4 heterocycles. The van der Waals surface area contributed by atoms with E-state index in [-0.39, 0.29) is 23.2 Å². The summed E-state index contributed by atoms with van der Waals surface area (Å²) in [6, 6.07) is 0. The third-order valence-corrected chi connectivity index (χ3v) is 6.97. The van der Waals surface area contributed by atoms with Crippen LogP contribution >= 0.6 is 0 Å². The number of piperidine rings is 1. The molecule has 4 heteroatoms. The molecule has 116 valence electrons. The maximum atomic E-state index is 12.4. The number of hydrogen-bond acceptors (Lipinski definition) is 3. The monoisotopic (exact) mass is 291 g/mol. The van der Waals surface area contributed by atoms with Gasteiger partial charge in [-0.05, 0) is 31.6 Å². The SMILES string of the molecule is CC(=O)N1C[C@@]23O[C@H](C[C@H]2CC12CCCCCC2)C1OC13. The highest BCUT2D eigenvalue weighted by atomic mass is 16.7. The molecule has 2 spiro atoms. The number of rotatable bonds is 0. The first kappa shape index (κ1) is 12.9. The summed E-state index contributed by atoms with van der Waals surface area (Å²) in [4.78, 5) is 14.6. The van der Waals surface area contributed by atoms with Gasteiger partial charge in [0.25, 0.3) is 0 Å². The van der Waals surface area contributed by atoms with Crippen LogP contribution in [0.1, 0.15) is 58.3 Å². The van der Waals surface area contributed by atoms with Crippen molar-refractivity contribution in [2.45, 2.75) is 87.7 Å². The average Bonchev–Trinajstić information content (AvgIpc) is 3.17. The molecule has 4 nitrogen and oxygen atoms in total. The molecule has 5 fully saturated rings. The summed E-state index contributed by atoms with van der Waals surface area (Å²) >= 11 is 0. The molecular formula is C17H25NO3. The number of likely N-dealkylation sites (tertiary alicyclic amines) is 1. The molecule has 1 amide bonds. The summed E-state index contributed by atoms with van der Waals surface area (Å²) in [5, 5.41) is 0. The van der Waals surface area contributed by atoms with Crippen LogP contribution in [0.15, 0.2) is 0 Å². The lowest BCUT2D eigenvalue weighted by Gasteiger charge is -2.54. The lowest BCUT2D eigenvalue weighted by atomic mass is 9.65. The van der Waals surface area contributed by atoms with Gasteiger partial charge in [0, 0.05) is 12.5 Å². The smallest absolute Gasteiger partial charge is 0.220 e. The van der Waals surface area contributed by atoms with Crippen molar-refractivity contribution >= 4 is 5.91 Å². The first-order valence-corrected chi connectivity index (χ1v) is 8.76. The van der Waals surface area contributed by atoms with Crippen molar-refractivity contribution in [1.29, 1.82) is 0 Å². The van der Waals surface area contributed by atoms with Crippen LogP contribution in [0.2, 0.25) is 0 Å². The van der Waals surface area contributed by atoms with E-state index in [1.54, 1.807) is 6.92 Å². The Morgan fingerprint density at radius 3 is 2.62 bits per heavy atom. The fourth-order valence-corrected chi connectivity index (χ4v) is 6.01. The Kier molecular flexibility index (Phi) is 2.47. The lowest BCUT2D eigenvalue weighted by molar-refractivity contribution is -0.164. The number of ether oxygens (including phenoxy) is 2. The third kappa shape index (κ3) is 1.56. The van der Waals surface area contributed by atoms with Gasteiger partial charge in [-0.3, -0.25) is 4.79 Å². The number of amides is 1. The molecule has 5 rings (SSSR count). The zero-order valence-corrected chi connectivity index (χ0v) is 12.8. The van der Waals surface area contributed by atoms with E-state index in [1.165, 1.54) is 38.5 Å². The number of nitrogens with zero attached hydrogens (tertiary/aromatic N) is 1. The number of hydrogen-bond donors (Lipinski definition) is 0. The largest absolute Gasteiger partial charge is 0.364 e. The van der Waals surface area contributed by atoms with E-state index in [1.807, 2.05) is 0 Å². The van der Waals surface area contributed by atoms with Crippen LogP contribution in [-0.4, -0.2) is 46.8 Å². The second-order valence-electron chi connectivity index (χ2n) is 8.01. The van der Waals surface area contributed by atoms with Crippen LogP contribution in [0.3, 0.4) is 0 Å². The van der Waals surface area contributed by atoms with Gasteiger partial charge in [-0.2, -0.15) is 0 Å². The topological polar surface area (TPSA) is 42.1 Å². The normalized spacial score (nSPS) is 49.7. The molecule has 0 aromatic rings. The second-order valence-corrected chi connectivity index (χ2v) is 8.01. The van der Waals surface area contributed by atoms with E-state index in [4.69, 9.17) is 9.47 Å². The predicted molar refractivity (Wildman–Crippen MR) is 76.8 cm³/mol. The van der Waals surface area contributed by atoms with E-state index in [0.29, 0.717) is 18.1 Å². The Bertz CT molecular complexity index is 484. The summed E-state index contributed by atoms with van der Waals surface area (Å²) in [6.07, 6.45) is 10.8. The van der Waals surface area contributed by atoms with Gasteiger partial charge in [0.1, 0.15) is 17.8 Å². The minimum atomic E-state index is -0.154. The van der Waals surface area contributed by atoms with Gasteiger partial charge in [0.2, 0.25) is 5.91 Å². The van der Waals surface area contributed by atoms with Gasteiger partial charge in [-0.15, -0.1) is 0 Å². The molecule has 0 aromatic carbocycles. The van der Waals surface area contributed by atoms with Crippen molar-refractivity contribution in [1.82, 2.24) is 4.90 Å². The average molecular weight is 291 g/mol. The minimum Gasteiger partial charge on any atom is -0.364 e. The molecule has 2 unspecified atom stereocenters. The highest BCUT2D eigenvalue weighted by Crippen LogP contribution is 2.63. The molecule has 4 aliphatic heterocycles. The molecule has 4 saturated heterocycles. The molecule has 21 heavy (non-hydrogen) atoms. The number of carbonyl (C=O) groups is 1. The molecule has 0 aromatic heterocycles. The standard InChI is InChI=1S/C17H25NO3/c1-11(19)18-10-17-12(8-13(21-17)14-15(17)20-14)9-16(18)6-4-2-3-5-7-16/h12-15H,2-10H2,1H3/t12-,13+,14?,15?,17+/m0/s1. The van der Waals surface area contributed by atoms with Gasteiger partial charge >= 0.3 is 0 Å². The summed E-state index contributed by atoms with van der Waals surface area (Å²) in [5.74, 6) is 0.848. The summed E-state index contributed by atoms with van der Waals surface area (Å²) in [6.45, 7) is 2.53. The summed E-state index contributed by atoms with van der Waals surface area (Å²) in [7, 11) is 0. The van der Waals surface area contributed by atoms with E-state index >= 15 is 0 Å². The molecule has 0 radical (unpaired) electrons. The van der Waals surface area contributed by atoms with Crippen LogP contribution in [-0.2, 0) is 14.3 Å². The maximum absolute atomic E-state index is 12.4. The van der Waals surface area contributed by atoms with Gasteiger partial charge in [-0.25, -0.2) is 0 Å². The minimum absolute atomic E-state index is 0.122. The number of epoxide rings is 1. The van der Waals surface area contributed by atoms with Crippen molar-refractivity contribution in [2.75, 3.05) is 6.54 Å². The Balaban J connectivity index is 1.51. The van der Waals surface area contributed by atoms with Crippen LogP contribution in [0.25, 0.3) is 0 Å². The Morgan fingerprint density at radius 2 is 1.95 bits per heavy atom. The van der Waals surface area contributed by atoms with Crippen LogP contribution in [0, 0.1) is 5.92 Å². The number of fused-ring (bicyclic) bond motifs is 3. The molecule has 0 N–H and O–H groups in total. The van der Waals surface area contributed by atoms with E-state index < -0.39 is 0 Å². The zero-order chi connectivity index (χ0) is 14.2. The second kappa shape index (κ2) is 4.02. The van der Waals surface area contributed by atoms with Crippen molar-refractivity contribution in [3.8, 4) is 0 Å². The van der Waals surface area contributed by atoms with Gasteiger partial charge in [-0.1, -0.05) is 25.7 Å². The van der Waals surface area contributed by atoms with Crippen LogP contribution in [0.4, 0.5) is 0 Å². The zero-order valence-electron chi connectivity index (χ0n) is 12.8. The lowest BCUT2D eigenvalue weighted by Crippen LogP contribution is -2.65. The Morgan fingerprint density at radius 1 is 1.19 bits per heavy atom. The fourth-order valence-electron chi connectivity index (χ4n) is 6.01. The molecule has 1 saturated carbocycles. The third-order valence-electron chi connectivity index (χ3n) is 6.97. The van der Waals surface area contributed by atoms with E-state index in [0.717, 1.165) is 19.4 Å². The van der Waals surface area contributed by atoms with Gasteiger partial charge in [0.05, 0.1) is 12.6 Å². The first-order chi connectivity index (χ1) is 10.1. The Hall–Kier alpha value is -0.610. The van der Waals surface area contributed by atoms with Crippen molar-refractivity contribution < 1.29 is 14.3 Å². The first-order valence-electron chi connectivity index (χ1n) is 8.76. The molecule has 5 aliphatic rings. The van der Waals surface area contributed by atoms with Gasteiger partial charge < -0.3 is 14.4 Å². The summed E-state index contributed by atoms with van der Waals surface area (Å²) < 4.78 is 12.2. The maximum Gasteiger partial charge on any atom is 0.220 e. The van der Waals surface area contributed by atoms with E-state index in [2.05, 4.69) is 4.90 Å². The van der Waals surface area contributed by atoms with Crippen LogP contribution < -0.4 is 0 Å². The molecule has 5 atom stereocenters. The van der Waals surface area contributed by atoms with Crippen molar-refractivity contribution in [2.24, 2.45) is 5.92 Å². The molecular weight excluding hydrogens is 266 g/mol. The van der Waals surface area contributed by atoms with Crippen LogP contribution in [0.5, 0.6) is 0 Å². The van der Waals surface area contributed by atoms with Gasteiger partial charge in [0.15, 0.2) is 0 Å². The Labute approximate surface area is 126 Å². The molecule has 2 bridgehead atoms. The highest BCUT2D eigenvalue weighted by Gasteiger charge is 2.76. The quantitative estimate of drug-likeness (QED) is 0.643. The number of carbonyl (C=O) groups excluding carboxylic acids is 1. The van der Waals surface area contributed by atoms with E-state index in [9.17, 15) is 4.79 Å². The fraction of sp³-hybridized carbons (Fsp3) is 0.941. The highest BCUT2D eigenvalue weighted by molar-refractivity contribution is 5.74. The molecule has 1 aliphatic carbocycles. The predicted octanol–water partition coefficient (Wildman–Crippen LogP) is 2.26. The summed E-state index contributed by atoms with van der Waals surface area (Å²) in [5.41, 5.74) is -0.0327. The van der Waals surface area contributed by atoms with Crippen molar-refractivity contribution in [3.63, 3.8) is 0 Å².